The zero-order valence-electron chi connectivity index (χ0n) is 11.4. The number of aliphatic imine (C=N–C) groups is 1. The third-order valence-corrected chi connectivity index (χ3v) is 3.22. The smallest absolute Gasteiger partial charge is 0.149 e. The van der Waals surface area contributed by atoms with Crippen LogP contribution in [0.4, 0.5) is 0 Å². The van der Waals surface area contributed by atoms with E-state index in [1.54, 1.807) is 5.01 Å². The van der Waals surface area contributed by atoms with Crippen molar-refractivity contribution in [3.8, 4) is 11.5 Å². The van der Waals surface area contributed by atoms with Gasteiger partial charge in [0.25, 0.3) is 0 Å². The maximum atomic E-state index is 5.97. The number of nitrogens with zero attached hydrogens (tertiary/aromatic N) is 2. The number of ether oxygens (including phenoxy) is 1. The molecule has 0 aromatic heterocycles. The van der Waals surface area contributed by atoms with Gasteiger partial charge in [0.05, 0.1) is 18.7 Å². The normalized spacial score (nSPS) is 14.3. The summed E-state index contributed by atoms with van der Waals surface area (Å²) in [6.45, 7) is 3.52. The van der Waals surface area contributed by atoms with Gasteiger partial charge in [0, 0.05) is 0 Å². The standard InChI is InChI=1S/C16H17N3O/c1-12-7-8-15(20-13-5-3-2-4-6-13)14(11-12)16-18-9-10-19(16)17/h2-8,11H,9-10,17H2,1H3. The van der Waals surface area contributed by atoms with Crippen LogP contribution in [0, 0.1) is 6.92 Å². The average Bonchev–Trinajstić information content (AvgIpc) is 2.88. The van der Waals surface area contributed by atoms with E-state index >= 15 is 0 Å². The Labute approximate surface area is 118 Å². The minimum atomic E-state index is 0.727. The van der Waals surface area contributed by atoms with Crippen LogP contribution in [0.3, 0.4) is 0 Å². The molecule has 0 atom stereocenters. The monoisotopic (exact) mass is 267 g/mol. The van der Waals surface area contributed by atoms with E-state index in [0.717, 1.165) is 41.6 Å². The minimum absolute atomic E-state index is 0.727. The van der Waals surface area contributed by atoms with E-state index in [0.29, 0.717) is 0 Å². The second-order valence-electron chi connectivity index (χ2n) is 4.81. The van der Waals surface area contributed by atoms with Crippen LogP contribution in [0.5, 0.6) is 11.5 Å². The molecule has 1 heterocycles. The lowest BCUT2D eigenvalue weighted by atomic mass is 10.1. The van der Waals surface area contributed by atoms with E-state index in [2.05, 4.69) is 11.1 Å². The van der Waals surface area contributed by atoms with E-state index in [1.165, 1.54) is 0 Å². The first-order chi connectivity index (χ1) is 9.74. The van der Waals surface area contributed by atoms with Crippen molar-refractivity contribution in [2.45, 2.75) is 6.92 Å². The number of benzene rings is 2. The maximum absolute atomic E-state index is 5.97. The predicted molar refractivity (Wildman–Crippen MR) is 80.0 cm³/mol. The Hall–Kier alpha value is -2.33. The van der Waals surface area contributed by atoms with Crippen LogP contribution in [0.2, 0.25) is 0 Å². The molecule has 2 aromatic carbocycles. The Balaban J connectivity index is 1.98. The molecule has 4 nitrogen and oxygen atoms in total. The third-order valence-electron chi connectivity index (χ3n) is 3.22. The largest absolute Gasteiger partial charge is 0.457 e. The molecule has 20 heavy (non-hydrogen) atoms. The van der Waals surface area contributed by atoms with Crippen molar-refractivity contribution in [3.05, 3.63) is 59.7 Å². The number of hydrazine groups is 1. The van der Waals surface area contributed by atoms with Crippen LogP contribution in [-0.2, 0) is 0 Å². The Morgan fingerprint density at radius 1 is 1.15 bits per heavy atom. The molecule has 4 heteroatoms. The SMILES string of the molecule is Cc1ccc(Oc2ccccc2)c(C2=NCCN2N)c1. The molecule has 102 valence electrons. The highest BCUT2D eigenvalue weighted by molar-refractivity contribution is 6.02. The highest BCUT2D eigenvalue weighted by Gasteiger charge is 2.19. The lowest BCUT2D eigenvalue weighted by molar-refractivity contribution is 0.467. The summed E-state index contributed by atoms with van der Waals surface area (Å²) in [6, 6.07) is 15.8. The summed E-state index contributed by atoms with van der Waals surface area (Å²) in [4.78, 5) is 4.47. The molecular weight excluding hydrogens is 250 g/mol. The number of nitrogens with two attached hydrogens (primary N) is 1. The fourth-order valence-corrected chi connectivity index (χ4v) is 2.22. The first-order valence-electron chi connectivity index (χ1n) is 6.64. The summed E-state index contributed by atoms with van der Waals surface area (Å²) in [5.41, 5.74) is 2.09. The lowest BCUT2D eigenvalue weighted by Gasteiger charge is -2.17. The van der Waals surface area contributed by atoms with Crippen LogP contribution >= 0.6 is 0 Å². The predicted octanol–water partition coefficient (Wildman–Crippen LogP) is 2.72. The fraction of sp³-hybridized carbons (Fsp3) is 0.188. The topological polar surface area (TPSA) is 50.8 Å². The molecule has 3 rings (SSSR count). The van der Waals surface area contributed by atoms with Crippen LogP contribution < -0.4 is 10.6 Å². The van der Waals surface area contributed by atoms with Gasteiger partial charge >= 0.3 is 0 Å². The first kappa shape index (κ1) is 12.7. The summed E-state index contributed by atoms with van der Waals surface area (Å²) in [7, 11) is 0. The van der Waals surface area contributed by atoms with Gasteiger partial charge in [-0.05, 0) is 31.2 Å². The van der Waals surface area contributed by atoms with E-state index in [4.69, 9.17) is 10.6 Å². The van der Waals surface area contributed by atoms with E-state index < -0.39 is 0 Å². The molecule has 2 N–H and O–H groups in total. The van der Waals surface area contributed by atoms with Crippen LogP contribution in [0.1, 0.15) is 11.1 Å². The minimum Gasteiger partial charge on any atom is -0.457 e. The summed E-state index contributed by atoms with van der Waals surface area (Å²) in [6.07, 6.45) is 0. The van der Waals surface area contributed by atoms with Gasteiger partial charge in [0.1, 0.15) is 17.3 Å². The number of aryl methyl sites for hydroxylation is 1. The molecule has 0 saturated heterocycles. The molecule has 0 aliphatic carbocycles. The van der Waals surface area contributed by atoms with Gasteiger partial charge in [-0.3, -0.25) is 10.0 Å². The van der Waals surface area contributed by atoms with E-state index in [1.807, 2.05) is 49.4 Å². The molecule has 0 bridgehead atoms. The van der Waals surface area contributed by atoms with Gasteiger partial charge in [-0.25, -0.2) is 5.84 Å². The number of hydrogen-bond acceptors (Lipinski definition) is 4. The van der Waals surface area contributed by atoms with Crippen LogP contribution in [-0.4, -0.2) is 23.9 Å². The molecule has 0 spiro atoms. The van der Waals surface area contributed by atoms with Crippen molar-refractivity contribution in [1.82, 2.24) is 5.01 Å². The Bertz CT molecular complexity index is 637. The number of rotatable bonds is 3. The van der Waals surface area contributed by atoms with Gasteiger partial charge in [-0.15, -0.1) is 0 Å². The quantitative estimate of drug-likeness (QED) is 0.870. The van der Waals surface area contributed by atoms with Crippen molar-refractivity contribution in [2.75, 3.05) is 13.1 Å². The van der Waals surface area contributed by atoms with Gasteiger partial charge in [0.15, 0.2) is 0 Å². The molecule has 1 aliphatic heterocycles. The zero-order valence-corrected chi connectivity index (χ0v) is 11.4. The van der Waals surface area contributed by atoms with Gasteiger partial charge in [-0.1, -0.05) is 29.8 Å². The van der Waals surface area contributed by atoms with Crippen molar-refractivity contribution in [2.24, 2.45) is 10.8 Å². The zero-order chi connectivity index (χ0) is 13.9. The number of amidine groups is 1. The highest BCUT2D eigenvalue weighted by Crippen LogP contribution is 2.28. The molecule has 0 amide bonds. The molecular formula is C16H17N3O. The van der Waals surface area contributed by atoms with Gasteiger partial charge in [0.2, 0.25) is 0 Å². The fourth-order valence-electron chi connectivity index (χ4n) is 2.22. The molecule has 0 unspecified atom stereocenters. The second kappa shape index (κ2) is 5.35. The molecule has 0 fully saturated rings. The van der Waals surface area contributed by atoms with Crippen molar-refractivity contribution in [1.29, 1.82) is 0 Å². The Morgan fingerprint density at radius 3 is 2.65 bits per heavy atom. The maximum Gasteiger partial charge on any atom is 0.149 e. The van der Waals surface area contributed by atoms with Gasteiger partial charge < -0.3 is 4.74 Å². The second-order valence-corrected chi connectivity index (χ2v) is 4.81. The van der Waals surface area contributed by atoms with E-state index in [-0.39, 0.29) is 0 Å². The van der Waals surface area contributed by atoms with E-state index in [9.17, 15) is 0 Å². The van der Waals surface area contributed by atoms with Crippen molar-refractivity contribution in [3.63, 3.8) is 0 Å². The summed E-state index contributed by atoms with van der Waals surface area (Å²) in [5.74, 6) is 8.34. The molecule has 0 saturated carbocycles. The number of hydrogen-bond donors (Lipinski definition) is 1. The third kappa shape index (κ3) is 2.51. The van der Waals surface area contributed by atoms with Crippen molar-refractivity contribution < 1.29 is 4.74 Å². The molecule has 2 aromatic rings. The van der Waals surface area contributed by atoms with Crippen LogP contribution in [0.15, 0.2) is 53.5 Å². The summed E-state index contributed by atoms with van der Waals surface area (Å²) in [5, 5.41) is 1.67. The number of para-hydroxylation sites is 1. The average molecular weight is 267 g/mol. The Kier molecular flexibility index (Phi) is 3.39. The van der Waals surface area contributed by atoms with Crippen molar-refractivity contribution >= 4 is 5.84 Å². The molecule has 1 aliphatic rings. The van der Waals surface area contributed by atoms with Crippen LogP contribution in [0.25, 0.3) is 0 Å². The van der Waals surface area contributed by atoms with Gasteiger partial charge in [-0.2, -0.15) is 0 Å². The first-order valence-corrected chi connectivity index (χ1v) is 6.64. The summed E-state index contributed by atoms with van der Waals surface area (Å²) < 4.78 is 5.96. The highest BCUT2D eigenvalue weighted by atomic mass is 16.5. The molecule has 0 radical (unpaired) electrons. The Morgan fingerprint density at radius 2 is 1.95 bits per heavy atom. The summed E-state index contributed by atoms with van der Waals surface area (Å²) >= 11 is 0. The lowest BCUT2D eigenvalue weighted by Crippen LogP contribution is -2.35.